The number of nitrogens with zero attached hydrogens (tertiary/aromatic N) is 2. The van der Waals surface area contributed by atoms with Crippen LogP contribution in [-0.4, -0.2) is 9.78 Å². The summed E-state index contributed by atoms with van der Waals surface area (Å²) in [5.41, 5.74) is 5.06. The first-order valence-corrected chi connectivity index (χ1v) is 5.82. The van der Waals surface area contributed by atoms with Crippen molar-refractivity contribution in [3.8, 4) is 0 Å². The summed E-state index contributed by atoms with van der Waals surface area (Å²) in [6, 6.07) is 3.82. The Bertz CT molecular complexity index is 567. The van der Waals surface area contributed by atoms with Crippen LogP contribution in [0.4, 0.5) is 4.39 Å². The van der Waals surface area contributed by atoms with E-state index < -0.39 is 0 Å². The fourth-order valence-electron chi connectivity index (χ4n) is 1.88. The molecule has 96 valence electrons. The highest BCUT2D eigenvalue weighted by atomic mass is 35.5. The first-order valence-electron chi connectivity index (χ1n) is 5.44. The first kappa shape index (κ1) is 13.0. The third-order valence-corrected chi connectivity index (χ3v) is 3.36. The van der Waals surface area contributed by atoms with Crippen molar-refractivity contribution in [2.45, 2.75) is 13.0 Å². The Hall–Kier alpha value is -1.43. The van der Waals surface area contributed by atoms with Crippen molar-refractivity contribution in [3.63, 3.8) is 0 Å². The highest BCUT2D eigenvalue weighted by molar-refractivity contribution is 6.31. The molecule has 0 spiro atoms. The van der Waals surface area contributed by atoms with Crippen molar-refractivity contribution in [3.05, 3.63) is 52.1 Å². The number of nitrogens with one attached hydrogen (secondary N) is 1. The van der Waals surface area contributed by atoms with Gasteiger partial charge in [-0.25, -0.2) is 9.82 Å². The van der Waals surface area contributed by atoms with Gasteiger partial charge in [0, 0.05) is 23.3 Å². The molecule has 0 amide bonds. The molecular weight excluding hydrogens is 255 g/mol. The van der Waals surface area contributed by atoms with Crippen molar-refractivity contribution >= 4 is 11.6 Å². The molecule has 1 heterocycles. The molecule has 1 atom stereocenters. The lowest BCUT2D eigenvalue weighted by Gasteiger charge is -2.17. The van der Waals surface area contributed by atoms with Crippen LogP contribution < -0.4 is 11.3 Å². The molecule has 2 rings (SSSR count). The number of hydrazine groups is 1. The van der Waals surface area contributed by atoms with Crippen LogP contribution in [-0.2, 0) is 7.05 Å². The Balaban J connectivity index is 2.51. The van der Waals surface area contributed by atoms with Gasteiger partial charge in [0.1, 0.15) is 5.82 Å². The summed E-state index contributed by atoms with van der Waals surface area (Å²) in [6.45, 7) is 1.92. The van der Waals surface area contributed by atoms with Gasteiger partial charge in [0.15, 0.2) is 0 Å². The van der Waals surface area contributed by atoms with Gasteiger partial charge in [-0.15, -0.1) is 0 Å². The average Bonchev–Trinajstić information content (AvgIpc) is 2.67. The summed E-state index contributed by atoms with van der Waals surface area (Å²) in [5, 5.41) is 4.61. The minimum Gasteiger partial charge on any atom is -0.273 e. The molecule has 3 N–H and O–H groups in total. The molecule has 18 heavy (non-hydrogen) atoms. The Kier molecular flexibility index (Phi) is 3.65. The van der Waals surface area contributed by atoms with Crippen LogP contribution in [0.2, 0.25) is 5.02 Å². The van der Waals surface area contributed by atoms with E-state index in [1.54, 1.807) is 10.9 Å². The maximum absolute atomic E-state index is 13.3. The van der Waals surface area contributed by atoms with E-state index in [0.717, 1.165) is 11.3 Å². The summed E-state index contributed by atoms with van der Waals surface area (Å²) in [6.07, 6.45) is 1.70. The molecule has 0 bridgehead atoms. The number of hydrogen-bond acceptors (Lipinski definition) is 3. The SMILES string of the molecule is Cc1c(C(NN)c2cc(F)ccc2Cl)cnn1C. The molecule has 2 aromatic rings. The number of nitrogens with two attached hydrogens (primary N) is 1. The van der Waals surface area contributed by atoms with E-state index in [2.05, 4.69) is 10.5 Å². The predicted octanol–water partition coefficient (Wildman–Crippen LogP) is 2.07. The second-order valence-corrected chi connectivity index (χ2v) is 4.48. The summed E-state index contributed by atoms with van der Waals surface area (Å²) < 4.78 is 15.0. The summed E-state index contributed by atoms with van der Waals surface area (Å²) >= 11 is 6.09. The molecule has 1 unspecified atom stereocenters. The van der Waals surface area contributed by atoms with E-state index in [1.165, 1.54) is 18.2 Å². The van der Waals surface area contributed by atoms with E-state index in [4.69, 9.17) is 17.4 Å². The normalized spacial score (nSPS) is 12.7. The van der Waals surface area contributed by atoms with Crippen LogP contribution >= 0.6 is 11.6 Å². The molecular formula is C12H14ClFN4. The average molecular weight is 269 g/mol. The van der Waals surface area contributed by atoms with Crippen LogP contribution in [0.3, 0.4) is 0 Å². The molecule has 0 saturated carbocycles. The van der Waals surface area contributed by atoms with Crippen LogP contribution in [0.1, 0.15) is 22.9 Å². The van der Waals surface area contributed by atoms with Crippen LogP contribution in [0.25, 0.3) is 0 Å². The minimum absolute atomic E-state index is 0.351. The van der Waals surface area contributed by atoms with Gasteiger partial charge in [-0.1, -0.05) is 11.6 Å². The summed E-state index contributed by atoms with van der Waals surface area (Å²) in [4.78, 5) is 0. The molecule has 0 fully saturated rings. The minimum atomic E-state index is -0.387. The fraction of sp³-hybridized carbons (Fsp3) is 0.250. The topological polar surface area (TPSA) is 55.9 Å². The van der Waals surface area contributed by atoms with Crippen LogP contribution in [0, 0.1) is 12.7 Å². The number of halogens is 2. The largest absolute Gasteiger partial charge is 0.273 e. The van der Waals surface area contributed by atoms with Crippen LogP contribution in [0.15, 0.2) is 24.4 Å². The van der Waals surface area contributed by atoms with E-state index in [9.17, 15) is 4.39 Å². The Morgan fingerprint density at radius 1 is 1.44 bits per heavy atom. The molecule has 0 aliphatic heterocycles. The summed E-state index contributed by atoms with van der Waals surface area (Å²) in [5.74, 6) is 5.22. The molecule has 4 nitrogen and oxygen atoms in total. The molecule has 0 saturated heterocycles. The lowest BCUT2D eigenvalue weighted by Crippen LogP contribution is -2.29. The number of aryl methyl sites for hydroxylation is 1. The van der Waals surface area contributed by atoms with Gasteiger partial charge >= 0.3 is 0 Å². The monoisotopic (exact) mass is 268 g/mol. The zero-order chi connectivity index (χ0) is 13.3. The Labute approximate surface area is 110 Å². The zero-order valence-electron chi connectivity index (χ0n) is 10.1. The van der Waals surface area contributed by atoms with Gasteiger partial charge in [0.05, 0.1) is 12.2 Å². The van der Waals surface area contributed by atoms with Gasteiger partial charge in [-0.05, 0) is 30.7 Å². The molecule has 0 radical (unpaired) electrons. The second kappa shape index (κ2) is 5.06. The quantitative estimate of drug-likeness (QED) is 0.662. The van der Waals surface area contributed by atoms with E-state index in [1.807, 2.05) is 14.0 Å². The van der Waals surface area contributed by atoms with Crippen LogP contribution in [0.5, 0.6) is 0 Å². The number of aromatic nitrogens is 2. The number of benzene rings is 1. The molecule has 0 aliphatic carbocycles. The lowest BCUT2D eigenvalue weighted by molar-refractivity contribution is 0.603. The van der Waals surface area contributed by atoms with Gasteiger partial charge in [0.2, 0.25) is 0 Å². The maximum Gasteiger partial charge on any atom is 0.123 e. The Morgan fingerprint density at radius 3 is 2.72 bits per heavy atom. The third kappa shape index (κ3) is 2.25. The van der Waals surface area contributed by atoms with Crippen molar-refractivity contribution in [1.82, 2.24) is 15.2 Å². The Morgan fingerprint density at radius 2 is 2.17 bits per heavy atom. The molecule has 0 aliphatic rings. The smallest absolute Gasteiger partial charge is 0.123 e. The van der Waals surface area contributed by atoms with Gasteiger partial charge in [-0.3, -0.25) is 10.5 Å². The number of rotatable bonds is 3. The van der Waals surface area contributed by atoms with E-state index in [-0.39, 0.29) is 11.9 Å². The standard InChI is InChI=1S/C12H14ClFN4/c1-7-10(6-16-18(7)2)12(17-15)9-5-8(14)3-4-11(9)13/h3-6,12,17H,15H2,1-2H3. The van der Waals surface area contributed by atoms with Gasteiger partial charge in [0.25, 0.3) is 0 Å². The van der Waals surface area contributed by atoms with E-state index in [0.29, 0.717) is 10.6 Å². The second-order valence-electron chi connectivity index (χ2n) is 4.07. The van der Waals surface area contributed by atoms with Gasteiger partial charge in [-0.2, -0.15) is 5.10 Å². The van der Waals surface area contributed by atoms with Crippen molar-refractivity contribution < 1.29 is 4.39 Å². The first-order chi connectivity index (χ1) is 8.54. The maximum atomic E-state index is 13.3. The highest BCUT2D eigenvalue weighted by Gasteiger charge is 2.20. The third-order valence-electron chi connectivity index (χ3n) is 3.02. The predicted molar refractivity (Wildman–Crippen MR) is 68.5 cm³/mol. The molecule has 1 aromatic carbocycles. The fourth-order valence-corrected chi connectivity index (χ4v) is 2.11. The van der Waals surface area contributed by atoms with Crippen molar-refractivity contribution in [1.29, 1.82) is 0 Å². The lowest BCUT2D eigenvalue weighted by atomic mass is 10.00. The van der Waals surface area contributed by atoms with E-state index >= 15 is 0 Å². The van der Waals surface area contributed by atoms with Gasteiger partial charge < -0.3 is 0 Å². The zero-order valence-corrected chi connectivity index (χ0v) is 10.9. The highest BCUT2D eigenvalue weighted by Crippen LogP contribution is 2.29. The molecule has 1 aromatic heterocycles. The summed E-state index contributed by atoms with van der Waals surface area (Å²) in [7, 11) is 1.83. The van der Waals surface area contributed by atoms with Crippen molar-refractivity contribution in [2.24, 2.45) is 12.9 Å². The van der Waals surface area contributed by atoms with Crippen molar-refractivity contribution in [2.75, 3.05) is 0 Å². The molecule has 6 heteroatoms. The number of hydrogen-bond donors (Lipinski definition) is 2.